The van der Waals surface area contributed by atoms with Crippen molar-refractivity contribution in [2.75, 3.05) is 5.32 Å². The third kappa shape index (κ3) is 2.83. The van der Waals surface area contributed by atoms with Crippen LogP contribution in [-0.4, -0.2) is 10.9 Å². The van der Waals surface area contributed by atoms with Gasteiger partial charge in [-0.3, -0.25) is 9.78 Å². The molecule has 0 unspecified atom stereocenters. The summed E-state index contributed by atoms with van der Waals surface area (Å²) in [6.07, 6.45) is 3.74. The Hall–Kier alpha value is -2.68. The van der Waals surface area contributed by atoms with Gasteiger partial charge in [-0.2, -0.15) is 0 Å². The van der Waals surface area contributed by atoms with Crippen LogP contribution in [0.15, 0.2) is 67.0 Å². The molecule has 1 N–H and O–H groups in total. The van der Waals surface area contributed by atoms with Crippen molar-refractivity contribution in [3.8, 4) is 0 Å². The molecule has 2 aromatic carbocycles. The molecule has 98 valence electrons. The van der Waals surface area contributed by atoms with Crippen LogP contribution < -0.4 is 5.32 Å². The Balaban J connectivity index is 1.74. The standard InChI is InChI=1S/C17H14N2O/c20-17(10-13-4-3-9-18-12-13)19-16-8-7-14-5-1-2-6-15(14)11-16/h1-9,11-12H,10H2,(H,19,20). The van der Waals surface area contributed by atoms with Gasteiger partial charge in [0.05, 0.1) is 6.42 Å². The molecule has 0 saturated heterocycles. The van der Waals surface area contributed by atoms with Crippen LogP contribution in [0.5, 0.6) is 0 Å². The molecule has 0 aliphatic heterocycles. The minimum Gasteiger partial charge on any atom is -0.326 e. The highest BCUT2D eigenvalue weighted by atomic mass is 16.1. The molecular weight excluding hydrogens is 248 g/mol. The zero-order valence-corrected chi connectivity index (χ0v) is 10.9. The number of pyridine rings is 1. The van der Waals surface area contributed by atoms with Crippen LogP contribution in [0, 0.1) is 0 Å². The summed E-state index contributed by atoms with van der Waals surface area (Å²) in [6, 6.07) is 17.7. The quantitative estimate of drug-likeness (QED) is 0.786. The second-order valence-electron chi connectivity index (χ2n) is 4.65. The molecule has 0 spiro atoms. The number of aromatic nitrogens is 1. The van der Waals surface area contributed by atoms with E-state index in [9.17, 15) is 4.79 Å². The highest BCUT2D eigenvalue weighted by Gasteiger charge is 2.04. The molecular formula is C17H14N2O. The van der Waals surface area contributed by atoms with E-state index in [0.717, 1.165) is 22.0 Å². The van der Waals surface area contributed by atoms with Crippen molar-refractivity contribution in [1.82, 2.24) is 4.98 Å². The van der Waals surface area contributed by atoms with Crippen molar-refractivity contribution in [2.24, 2.45) is 0 Å². The van der Waals surface area contributed by atoms with Gasteiger partial charge in [0.2, 0.25) is 5.91 Å². The van der Waals surface area contributed by atoms with Crippen molar-refractivity contribution < 1.29 is 4.79 Å². The molecule has 1 aromatic heterocycles. The maximum Gasteiger partial charge on any atom is 0.228 e. The number of fused-ring (bicyclic) bond motifs is 1. The predicted octanol–water partition coefficient (Wildman–Crippen LogP) is 3.42. The number of carbonyl (C=O) groups is 1. The van der Waals surface area contributed by atoms with Crippen LogP contribution in [-0.2, 0) is 11.2 Å². The molecule has 0 aliphatic carbocycles. The minimum atomic E-state index is -0.0340. The maximum atomic E-state index is 12.0. The number of anilines is 1. The minimum absolute atomic E-state index is 0.0340. The first-order valence-electron chi connectivity index (χ1n) is 6.49. The molecule has 3 rings (SSSR count). The topological polar surface area (TPSA) is 42.0 Å². The average Bonchev–Trinajstić information content (AvgIpc) is 2.48. The Labute approximate surface area is 117 Å². The van der Waals surface area contributed by atoms with Crippen LogP contribution in [0.1, 0.15) is 5.56 Å². The van der Waals surface area contributed by atoms with Gasteiger partial charge in [-0.1, -0.05) is 36.4 Å². The number of nitrogens with one attached hydrogen (secondary N) is 1. The molecule has 0 bridgehead atoms. The van der Waals surface area contributed by atoms with Gasteiger partial charge in [0.1, 0.15) is 0 Å². The fraction of sp³-hybridized carbons (Fsp3) is 0.0588. The van der Waals surface area contributed by atoms with E-state index >= 15 is 0 Å². The van der Waals surface area contributed by atoms with Crippen molar-refractivity contribution in [3.05, 3.63) is 72.6 Å². The highest BCUT2D eigenvalue weighted by Crippen LogP contribution is 2.18. The summed E-state index contributed by atoms with van der Waals surface area (Å²) in [4.78, 5) is 16.0. The Morgan fingerprint density at radius 2 is 1.85 bits per heavy atom. The molecule has 0 saturated carbocycles. The summed E-state index contributed by atoms with van der Waals surface area (Å²) >= 11 is 0. The lowest BCUT2D eigenvalue weighted by Crippen LogP contribution is -2.14. The van der Waals surface area contributed by atoms with Gasteiger partial charge in [-0.25, -0.2) is 0 Å². The zero-order valence-electron chi connectivity index (χ0n) is 10.9. The molecule has 3 aromatic rings. The monoisotopic (exact) mass is 262 g/mol. The van der Waals surface area contributed by atoms with Crippen molar-refractivity contribution in [3.63, 3.8) is 0 Å². The van der Waals surface area contributed by atoms with Crippen molar-refractivity contribution in [1.29, 1.82) is 0 Å². The number of carbonyl (C=O) groups excluding carboxylic acids is 1. The Morgan fingerprint density at radius 1 is 1.00 bits per heavy atom. The summed E-state index contributed by atoms with van der Waals surface area (Å²) in [7, 11) is 0. The van der Waals surface area contributed by atoms with Gasteiger partial charge in [0.15, 0.2) is 0 Å². The van der Waals surface area contributed by atoms with E-state index < -0.39 is 0 Å². The lowest BCUT2D eigenvalue weighted by atomic mass is 10.1. The van der Waals surface area contributed by atoms with Crippen LogP contribution in [0.3, 0.4) is 0 Å². The van der Waals surface area contributed by atoms with E-state index in [1.807, 2.05) is 48.5 Å². The Morgan fingerprint density at radius 3 is 2.65 bits per heavy atom. The van der Waals surface area contributed by atoms with Crippen molar-refractivity contribution in [2.45, 2.75) is 6.42 Å². The third-order valence-electron chi connectivity index (χ3n) is 3.12. The number of nitrogens with zero attached hydrogens (tertiary/aromatic N) is 1. The number of rotatable bonds is 3. The fourth-order valence-corrected chi connectivity index (χ4v) is 2.16. The first-order chi connectivity index (χ1) is 9.81. The fourth-order valence-electron chi connectivity index (χ4n) is 2.16. The second kappa shape index (κ2) is 5.53. The average molecular weight is 262 g/mol. The van der Waals surface area contributed by atoms with E-state index in [-0.39, 0.29) is 5.91 Å². The zero-order chi connectivity index (χ0) is 13.8. The SMILES string of the molecule is O=C(Cc1cccnc1)Nc1ccc2ccccc2c1. The van der Waals surface area contributed by atoms with Crippen LogP contribution in [0.4, 0.5) is 5.69 Å². The van der Waals surface area contributed by atoms with E-state index in [4.69, 9.17) is 0 Å². The molecule has 3 heteroatoms. The number of hydrogen-bond donors (Lipinski definition) is 1. The summed E-state index contributed by atoms with van der Waals surface area (Å²) < 4.78 is 0. The van der Waals surface area contributed by atoms with E-state index in [1.54, 1.807) is 12.4 Å². The van der Waals surface area contributed by atoms with E-state index in [2.05, 4.69) is 16.4 Å². The number of hydrogen-bond acceptors (Lipinski definition) is 2. The van der Waals surface area contributed by atoms with Gasteiger partial charge in [0, 0.05) is 18.1 Å². The molecule has 1 heterocycles. The third-order valence-corrected chi connectivity index (χ3v) is 3.12. The van der Waals surface area contributed by atoms with Crippen LogP contribution >= 0.6 is 0 Å². The number of amides is 1. The van der Waals surface area contributed by atoms with Crippen molar-refractivity contribution >= 4 is 22.4 Å². The molecule has 0 atom stereocenters. The first kappa shape index (κ1) is 12.4. The molecule has 0 radical (unpaired) electrons. The summed E-state index contributed by atoms with van der Waals surface area (Å²) in [5, 5.41) is 5.20. The van der Waals surface area contributed by atoms with Gasteiger partial charge < -0.3 is 5.32 Å². The largest absolute Gasteiger partial charge is 0.326 e. The van der Waals surface area contributed by atoms with E-state index in [1.165, 1.54) is 0 Å². The summed E-state index contributed by atoms with van der Waals surface area (Å²) in [6.45, 7) is 0. The first-order valence-corrected chi connectivity index (χ1v) is 6.49. The highest BCUT2D eigenvalue weighted by molar-refractivity contribution is 5.95. The normalized spacial score (nSPS) is 10.4. The molecule has 1 amide bonds. The van der Waals surface area contributed by atoms with Gasteiger partial charge in [-0.05, 0) is 34.5 Å². The lowest BCUT2D eigenvalue weighted by Gasteiger charge is -2.06. The van der Waals surface area contributed by atoms with Gasteiger partial charge >= 0.3 is 0 Å². The van der Waals surface area contributed by atoms with Gasteiger partial charge in [0.25, 0.3) is 0 Å². The second-order valence-corrected chi connectivity index (χ2v) is 4.65. The smallest absolute Gasteiger partial charge is 0.228 e. The molecule has 20 heavy (non-hydrogen) atoms. The predicted molar refractivity (Wildman–Crippen MR) is 80.5 cm³/mol. The molecule has 0 fully saturated rings. The Bertz CT molecular complexity index is 738. The Kier molecular flexibility index (Phi) is 3.42. The maximum absolute atomic E-state index is 12.0. The molecule has 0 aliphatic rings. The number of benzene rings is 2. The molecule has 3 nitrogen and oxygen atoms in total. The lowest BCUT2D eigenvalue weighted by molar-refractivity contribution is -0.115. The van der Waals surface area contributed by atoms with E-state index in [0.29, 0.717) is 6.42 Å². The van der Waals surface area contributed by atoms with Crippen LogP contribution in [0.25, 0.3) is 10.8 Å². The van der Waals surface area contributed by atoms with Crippen LogP contribution in [0.2, 0.25) is 0 Å². The van der Waals surface area contributed by atoms with Gasteiger partial charge in [-0.15, -0.1) is 0 Å². The summed E-state index contributed by atoms with van der Waals surface area (Å²) in [5.74, 6) is -0.0340. The summed E-state index contributed by atoms with van der Waals surface area (Å²) in [5.41, 5.74) is 1.73.